The predicted octanol–water partition coefficient (Wildman–Crippen LogP) is 4.57. The lowest BCUT2D eigenvalue weighted by Crippen LogP contribution is -2.38. The van der Waals surface area contributed by atoms with Crippen LogP contribution >= 0.6 is 35.3 Å². The van der Waals surface area contributed by atoms with E-state index in [1.807, 2.05) is 31.2 Å². The number of carbonyl (C=O) groups excluding carboxylic acids is 1. The number of rotatable bonds is 8. The van der Waals surface area contributed by atoms with Crippen molar-refractivity contribution in [1.29, 1.82) is 0 Å². The Morgan fingerprint density at radius 3 is 2.74 bits per heavy atom. The number of anilines is 1. The molecule has 148 valence electrons. The second-order valence-corrected chi connectivity index (χ2v) is 7.04. The third-order valence-corrected chi connectivity index (χ3v) is 4.76. The molecular formula is C20H29IN4OS. The minimum atomic E-state index is 0. The molecule has 0 saturated carbocycles. The van der Waals surface area contributed by atoms with E-state index in [4.69, 9.17) is 0 Å². The van der Waals surface area contributed by atoms with Gasteiger partial charge in [-0.25, -0.2) is 0 Å². The summed E-state index contributed by atoms with van der Waals surface area (Å²) in [6.45, 7) is 5.66. The van der Waals surface area contributed by atoms with Gasteiger partial charge < -0.3 is 16.0 Å². The molecule has 7 heteroatoms. The van der Waals surface area contributed by atoms with E-state index < -0.39 is 0 Å². The van der Waals surface area contributed by atoms with Crippen molar-refractivity contribution in [2.75, 3.05) is 18.9 Å². The first-order valence-electron chi connectivity index (χ1n) is 8.97. The van der Waals surface area contributed by atoms with Gasteiger partial charge in [-0.1, -0.05) is 26.0 Å². The molecule has 0 aliphatic rings. The zero-order valence-corrected chi connectivity index (χ0v) is 19.3. The van der Waals surface area contributed by atoms with Crippen molar-refractivity contribution in [1.82, 2.24) is 10.6 Å². The Kier molecular flexibility index (Phi) is 11.0. The highest BCUT2D eigenvalue weighted by Crippen LogP contribution is 2.17. The number of benzene rings is 1. The second kappa shape index (κ2) is 12.7. The third-order valence-electron chi connectivity index (χ3n) is 4.06. The topological polar surface area (TPSA) is 65.5 Å². The normalized spacial score (nSPS) is 12.0. The number of amides is 1. The number of hydrogen-bond donors (Lipinski definition) is 3. The molecule has 0 aliphatic heterocycles. The summed E-state index contributed by atoms with van der Waals surface area (Å²) in [5, 5.41) is 13.9. The molecule has 2 rings (SSSR count). The average molecular weight is 500 g/mol. The smallest absolute Gasteiger partial charge is 0.224 e. The molecule has 0 radical (unpaired) electrons. The fourth-order valence-electron chi connectivity index (χ4n) is 2.54. The van der Waals surface area contributed by atoms with Gasteiger partial charge >= 0.3 is 0 Å². The molecule has 0 aliphatic carbocycles. The molecule has 1 unspecified atom stereocenters. The van der Waals surface area contributed by atoms with Crippen LogP contribution in [0.5, 0.6) is 0 Å². The summed E-state index contributed by atoms with van der Waals surface area (Å²) in [6, 6.07) is 10.0. The molecule has 2 aromatic rings. The molecule has 27 heavy (non-hydrogen) atoms. The van der Waals surface area contributed by atoms with E-state index in [0.717, 1.165) is 30.2 Å². The lowest BCUT2D eigenvalue weighted by molar-refractivity contribution is -0.116. The summed E-state index contributed by atoms with van der Waals surface area (Å²) in [4.78, 5) is 16.0. The van der Waals surface area contributed by atoms with Crippen LogP contribution in [0.15, 0.2) is 46.1 Å². The van der Waals surface area contributed by atoms with Crippen LogP contribution in [0.4, 0.5) is 5.69 Å². The van der Waals surface area contributed by atoms with Crippen LogP contribution in [0.3, 0.4) is 0 Å². The Hall–Kier alpha value is -1.61. The van der Waals surface area contributed by atoms with E-state index in [-0.39, 0.29) is 29.9 Å². The van der Waals surface area contributed by atoms with Crippen LogP contribution in [0.2, 0.25) is 0 Å². The molecule has 1 aromatic heterocycles. The van der Waals surface area contributed by atoms with Gasteiger partial charge in [0.1, 0.15) is 0 Å². The van der Waals surface area contributed by atoms with E-state index in [1.54, 1.807) is 18.4 Å². The highest BCUT2D eigenvalue weighted by Gasteiger charge is 2.07. The number of nitrogens with zero attached hydrogens (tertiary/aromatic N) is 1. The van der Waals surface area contributed by atoms with Crippen LogP contribution < -0.4 is 16.0 Å². The molecule has 1 aromatic carbocycles. The van der Waals surface area contributed by atoms with Crippen LogP contribution in [0, 0.1) is 0 Å². The van der Waals surface area contributed by atoms with E-state index in [1.165, 1.54) is 5.56 Å². The fourth-order valence-corrected chi connectivity index (χ4v) is 3.32. The maximum atomic E-state index is 11.7. The van der Waals surface area contributed by atoms with Crippen LogP contribution in [-0.2, 0) is 11.3 Å². The van der Waals surface area contributed by atoms with Crippen molar-refractivity contribution in [2.24, 2.45) is 4.99 Å². The SMILES string of the molecule is CCCC(=O)Nc1cccc(CNC(=NC)NCC(C)c2ccsc2)c1.I. The zero-order valence-electron chi connectivity index (χ0n) is 16.1. The molecule has 0 fully saturated rings. The number of nitrogens with one attached hydrogen (secondary N) is 3. The molecule has 1 heterocycles. The van der Waals surface area contributed by atoms with Crippen molar-refractivity contribution in [3.05, 3.63) is 52.2 Å². The summed E-state index contributed by atoms with van der Waals surface area (Å²) in [7, 11) is 1.77. The highest BCUT2D eigenvalue weighted by molar-refractivity contribution is 14.0. The van der Waals surface area contributed by atoms with Crippen molar-refractivity contribution < 1.29 is 4.79 Å². The van der Waals surface area contributed by atoms with Crippen LogP contribution in [0.1, 0.15) is 43.7 Å². The van der Waals surface area contributed by atoms with Crippen molar-refractivity contribution in [3.8, 4) is 0 Å². The quantitative estimate of drug-likeness (QED) is 0.283. The zero-order chi connectivity index (χ0) is 18.8. The largest absolute Gasteiger partial charge is 0.356 e. The summed E-state index contributed by atoms with van der Waals surface area (Å²) in [5.74, 6) is 1.25. The molecule has 3 N–H and O–H groups in total. The first-order chi connectivity index (χ1) is 12.6. The third kappa shape index (κ3) is 8.30. The monoisotopic (exact) mass is 500 g/mol. The minimum Gasteiger partial charge on any atom is -0.356 e. The Bertz CT molecular complexity index is 719. The molecule has 5 nitrogen and oxygen atoms in total. The van der Waals surface area contributed by atoms with Gasteiger partial charge in [0.05, 0.1) is 0 Å². The Morgan fingerprint density at radius 2 is 2.07 bits per heavy atom. The number of carbonyl (C=O) groups is 1. The predicted molar refractivity (Wildman–Crippen MR) is 126 cm³/mol. The van der Waals surface area contributed by atoms with E-state index in [0.29, 0.717) is 18.9 Å². The first kappa shape index (κ1) is 23.4. The summed E-state index contributed by atoms with van der Waals surface area (Å²) < 4.78 is 0. The van der Waals surface area contributed by atoms with E-state index >= 15 is 0 Å². The van der Waals surface area contributed by atoms with Crippen molar-refractivity contribution >= 4 is 52.9 Å². The molecule has 1 atom stereocenters. The number of thiophene rings is 1. The lowest BCUT2D eigenvalue weighted by Gasteiger charge is -2.16. The Morgan fingerprint density at radius 1 is 1.26 bits per heavy atom. The van der Waals surface area contributed by atoms with Gasteiger partial charge in [-0.2, -0.15) is 11.3 Å². The first-order valence-corrected chi connectivity index (χ1v) is 9.92. The molecule has 0 spiro atoms. The molecular weight excluding hydrogens is 471 g/mol. The highest BCUT2D eigenvalue weighted by atomic mass is 127. The van der Waals surface area contributed by atoms with Crippen molar-refractivity contribution in [2.45, 2.75) is 39.2 Å². The number of halogens is 1. The van der Waals surface area contributed by atoms with Gasteiger partial charge in [0, 0.05) is 32.2 Å². The lowest BCUT2D eigenvalue weighted by atomic mass is 10.1. The van der Waals surface area contributed by atoms with E-state index in [2.05, 4.69) is 44.7 Å². The summed E-state index contributed by atoms with van der Waals surface area (Å²) in [6.07, 6.45) is 1.39. The summed E-state index contributed by atoms with van der Waals surface area (Å²) in [5.41, 5.74) is 3.26. The molecule has 0 bridgehead atoms. The average Bonchev–Trinajstić information content (AvgIpc) is 3.17. The van der Waals surface area contributed by atoms with Crippen LogP contribution in [-0.4, -0.2) is 25.5 Å². The maximum absolute atomic E-state index is 11.7. The fraction of sp³-hybridized carbons (Fsp3) is 0.400. The van der Waals surface area contributed by atoms with E-state index in [9.17, 15) is 4.79 Å². The number of hydrogen-bond acceptors (Lipinski definition) is 3. The van der Waals surface area contributed by atoms with Gasteiger partial charge in [-0.15, -0.1) is 24.0 Å². The van der Waals surface area contributed by atoms with Gasteiger partial charge in [0.25, 0.3) is 0 Å². The van der Waals surface area contributed by atoms with Gasteiger partial charge in [0.2, 0.25) is 5.91 Å². The summed E-state index contributed by atoms with van der Waals surface area (Å²) >= 11 is 1.72. The van der Waals surface area contributed by atoms with Crippen molar-refractivity contribution in [3.63, 3.8) is 0 Å². The Balaban J connectivity index is 0.00000364. The van der Waals surface area contributed by atoms with Gasteiger partial charge in [0.15, 0.2) is 5.96 Å². The van der Waals surface area contributed by atoms with Crippen LogP contribution in [0.25, 0.3) is 0 Å². The number of guanidine groups is 1. The number of aliphatic imine (C=N–C) groups is 1. The second-order valence-electron chi connectivity index (χ2n) is 6.26. The van der Waals surface area contributed by atoms with Gasteiger partial charge in [-0.3, -0.25) is 9.79 Å². The minimum absolute atomic E-state index is 0. The maximum Gasteiger partial charge on any atom is 0.224 e. The molecule has 1 amide bonds. The molecule has 0 saturated heterocycles. The van der Waals surface area contributed by atoms with Gasteiger partial charge in [-0.05, 0) is 52.4 Å². The standard InChI is InChI=1S/C20H28N4OS.HI/c1-4-6-19(25)24-18-8-5-7-16(11-18)13-23-20(21-3)22-12-15(2)17-9-10-26-14-17;/h5,7-11,14-15H,4,6,12-13H2,1-3H3,(H,24,25)(H2,21,22,23);1H. The Labute approximate surface area is 183 Å².